The van der Waals surface area contributed by atoms with Crippen molar-refractivity contribution in [1.82, 2.24) is 5.32 Å². The standard InChI is InChI=1S/C59H39N3O/c1-2-10-38(11-3-1)41-18-20-43(21-19-41)51-36-53(56-52-16-8-9-17-54(52)63-55(56)37-51)44-26-30-46(31-27-44)58-60-57(61-59(62-58)50-33-25-40-13-5-7-15-48(40)35-50)45-28-22-42(23-29-45)49-32-24-39-12-4-6-14-47(39)34-49/h1-37,57H,(H,60,61,62). The highest BCUT2D eigenvalue weighted by molar-refractivity contribution is 6.15. The molecular formula is C59H39N3O. The third-order valence-electron chi connectivity index (χ3n) is 12.3. The van der Waals surface area contributed by atoms with Crippen LogP contribution in [0.25, 0.3) is 88.0 Å². The highest BCUT2D eigenvalue weighted by Gasteiger charge is 2.22. The van der Waals surface area contributed by atoms with E-state index in [4.69, 9.17) is 14.4 Å². The molecule has 1 aromatic heterocycles. The summed E-state index contributed by atoms with van der Waals surface area (Å²) in [5.41, 5.74) is 13.9. The summed E-state index contributed by atoms with van der Waals surface area (Å²) in [5, 5.41) is 10.7. The lowest BCUT2D eigenvalue weighted by Crippen LogP contribution is -2.33. The van der Waals surface area contributed by atoms with E-state index in [-0.39, 0.29) is 6.17 Å². The molecule has 0 bridgehead atoms. The van der Waals surface area contributed by atoms with E-state index in [9.17, 15) is 0 Å². The topological polar surface area (TPSA) is 49.9 Å². The van der Waals surface area contributed by atoms with Crippen LogP contribution >= 0.6 is 0 Å². The molecule has 1 aliphatic rings. The van der Waals surface area contributed by atoms with Gasteiger partial charge in [0.2, 0.25) is 0 Å². The molecule has 0 spiro atoms. The van der Waals surface area contributed by atoms with E-state index >= 15 is 0 Å². The van der Waals surface area contributed by atoms with E-state index in [2.05, 4.69) is 218 Å². The van der Waals surface area contributed by atoms with E-state index in [0.717, 1.165) is 77.7 Å². The Morgan fingerprint density at radius 3 is 1.62 bits per heavy atom. The summed E-state index contributed by atoms with van der Waals surface area (Å²) < 4.78 is 6.53. The maximum atomic E-state index is 6.53. The smallest absolute Gasteiger partial charge is 0.159 e. The number of nitrogens with zero attached hydrogens (tertiary/aromatic N) is 2. The molecule has 4 heteroatoms. The first-order valence-electron chi connectivity index (χ1n) is 21.4. The van der Waals surface area contributed by atoms with Gasteiger partial charge in [-0.2, -0.15) is 0 Å². The summed E-state index contributed by atoms with van der Waals surface area (Å²) in [6.07, 6.45) is -0.341. The summed E-state index contributed by atoms with van der Waals surface area (Å²) in [7, 11) is 0. The van der Waals surface area contributed by atoms with Gasteiger partial charge in [-0.15, -0.1) is 0 Å². The van der Waals surface area contributed by atoms with Crippen LogP contribution in [0.15, 0.2) is 239 Å². The fraction of sp³-hybridized carbons (Fsp3) is 0.0169. The first-order chi connectivity index (χ1) is 31.2. The van der Waals surface area contributed by atoms with E-state index in [1.165, 1.54) is 32.8 Å². The van der Waals surface area contributed by atoms with Gasteiger partial charge in [0, 0.05) is 21.9 Å². The number of benzene rings is 10. The van der Waals surface area contributed by atoms with Crippen molar-refractivity contribution in [2.45, 2.75) is 6.17 Å². The fourth-order valence-corrected chi connectivity index (χ4v) is 8.99. The van der Waals surface area contributed by atoms with E-state index in [0.29, 0.717) is 5.84 Å². The molecule has 0 saturated carbocycles. The molecule has 11 aromatic rings. The summed E-state index contributed by atoms with van der Waals surface area (Å²) in [6.45, 7) is 0. The maximum absolute atomic E-state index is 6.53. The molecule has 12 rings (SSSR count). The number of fused-ring (bicyclic) bond motifs is 5. The summed E-state index contributed by atoms with van der Waals surface area (Å²) in [4.78, 5) is 10.5. The van der Waals surface area contributed by atoms with Gasteiger partial charge >= 0.3 is 0 Å². The molecule has 2 heterocycles. The van der Waals surface area contributed by atoms with Crippen molar-refractivity contribution in [1.29, 1.82) is 0 Å². The second kappa shape index (κ2) is 15.3. The van der Waals surface area contributed by atoms with Crippen molar-refractivity contribution in [3.8, 4) is 44.5 Å². The first kappa shape index (κ1) is 36.5. The van der Waals surface area contributed by atoms with Gasteiger partial charge in [-0.3, -0.25) is 0 Å². The molecule has 1 aliphatic heterocycles. The van der Waals surface area contributed by atoms with Crippen molar-refractivity contribution >= 4 is 55.2 Å². The minimum atomic E-state index is -0.341. The number of para-hydroxylation sites is 1. The number of hydrogen-bond acceptors (Lipinski definition) is 4. The molecule has 1 unspecified atom stereocenters. The van der Waals surface area contributed by atoms with Crippen LogP contribution in [-0.4, -0.2) is 11.7 Å². The minimum Gasteiger partial charge on any atom is -0.456 e. The van der Waals surface area contributed by atoms with Gasteiger partial charge in [0.25, 0.3) is 0 Å². The van der Waals surface area contributed by atoms with Gasteiger partial charge in [0.1, 0.15) is 23.2 Å². The number of furan rings is 1. The van der Waals surface area contributed by atoms with Crippen molar-refractivity contribution in [3.05, 3.63) is 241 Å². The van der Waals surface area contributed by atoms with Crippen LogP contribution in [0, 0.1) is 0 Å². The second-order valence-electron chi connectivity index (χ2n) is 16.2. The molecule has 0 fully saturated rings. The zero-order chi connectivity index (χ0) is 41.7. The SMILES string of the molecule is c1ccc(-c2ccc(-c3cc(-c4ccc(C5=NC(c6ccc(-c7ccc8ccccc8c7)cc6)NC(c6ccc7ccccc7c6)=N5)cc4)c4c(c3)oc3ccccc34)cc2)cc1. The molecule has 0 radical (unpaired) electrons. The number of nitrogens with one attached hydrogen (secondary N) is 1. The first-order valence-corrected chi connectivity index (χ1v) is 21.4. The summed E-state index contributed by atoms with van der Waals surface area (Å²) in [5.74, 6) is 1.47. The van der Waals surface area contributed by atoms with Crippen LogP contribution in [0.2, 0.25) is 0 Å². The zero-order valence-electron chi connectivity index (χ0n) is 34.2. The van der Waals surface area contributed by atoms with Crippen molar-refractivity contribution in [2.24, 2.45) is 9.98 Å². The zero-order valence-corrected chi connectivity index (χ0v) is 34.2. The molecule has 0 amide bonds. The molecule has 4 nitrogen and oxygen atoms in total. The highest BCUT2D eigenvalue weighted by Crippen LogP contribution is 2.41. The predicted molar refractivity (Wildman–Crippen MR) is 262 cm³/mol. The Morgan fingerprint density at radius 2 is 0.889 bits per heavy atom. The molecule has 1 atom stereocenters. The Morgan fingerprint density at radius 1 is 0.365 bits per heavy atom. The lowest BCUT2D eigenvalue weighted by Gasteiger charge is -2.24. The van der Waals surface area contributed by atoms with Gasteiger partial charge in [-0.1, -0.05) is 194 Å². The normalized spacial score (nSPS) is 13.9. The molecule has 0 aliphatic carbocycles. The third-order valence-corrected chi connectivity index (χ3v) is 12.3. The van der Waals surface area contributed by atoms with Crippen LogP contribution < -0.4 is 5.32 Å². The third kappa shape index (κ3) is 6.84. The van der Waals surface area contributed by atoms with Gasteiger partial charge in [-0.25, -0.2) is 9.98 Å². The summed E-state index contributed by atoms with van der Waals surface area (Å²) in [6, 6.07) is 79.6. The molecular weight excluding hydrogens is 767 g/mol. The Labute approximate surface area is 365 Å². The van der Waals surface area contributed by atoms with Gasteiger partial charge in [0.15, 0.2) is 5.84 Å². The van der Waals surface area contributed by atoms with Crippen LogP contribution in [0.1, 0.15) is 22.9 Å². The number of hydrogen-bond donors (Lipinski definition) is 1. The summed E-state index contributed by atoms with van der Waals surface area (Å²) >= 11 is 0. The minimum absolute atomic E-state index is 0.341. The monoisotopic (exact) mass is 805 g/mol. The average molecular weight is 806 g/mol. The second-order valence-corrected chi connectivity index (χ2v) is 16.2. The van der Waals surface area contributed by atoms with Crippen LogP contribution in [0.3, 0.4) is 0 Å². The molecule has 296 valence electrons. The lowest BCUT2D eigenvalue weighted by molar-refractivity contribution is 0.669. The van der Waals surface area contributed by atoms with Gasteiger partial charge in [0.05, 0.1) is 0 Å². The largest absolute Gasteiger partial charge is 0.456 e. The van der Waals surface area contributed by atoms with Gasteiger partial charge < -0.3 is 9.73 Å². The van der Waals surface area contributed by atoms with Crippen LogP contribution in [0.4, 0.5) is 0 Å². The van der Waals surface area contributed by atoms with E-state index < -0.39 is 0 Å². The fourth-order valence-electron chi connectivity index (χ4n) is 8.99. The van der Waals surface area contributed by atoms with Crippen molar-refractivity contribution in [2.75, 3.05) is 0 Å². The maximum Gasteiger partial charge on any atom is 0.159 e. The number of aliphatic imine (C=N–C) groups is 2. The van der Waals surface area contributed by atoms with Crippen molar-refractivity contribution < 1.29 is 4.42 Å². The van der Waals surface area contributed by atoms with Crippen LogP contribution in [0.5, 0.6) is 0 Å². The Kier molecular flexibility index (Phi) is 8.86. The van der Waals surface area contributed by atoms with Crippen LogP contribution in [-0.2, 0) is 0 Å². The molecule has 10 aromatic carbocycles. The van der Waals surface area contributed by atoms with E-state index in [1.807, 2.05) is 12.1 Å². The average Bonchev–Trinajstić information content (AvgIpc) is 3.75. The lowest BCUT2D eigenvalue weighted by atomic mass is 9.93. The van der Waals surface area contributed by atoms with Crippen molar-refractivity contribution in [3.63, 3.8) is 0 Å². The molecule has 0 saturated heterocycles. The number of rotatable bonds is 7. The quantitative estimate of drug-likeness (QED) is 0.174. The Hall–Kier alpha value is -8.34. The molecule has 63 heavy (non-hydrogen) atoms. The number of amidine groups is 2. The van der Waals surface area contributed by atoms with Gasteiger partial charge in [-0.05, 0) is 102 Å². The molecule has 1 N–H and O–H groups in total. The predicted octanol–water partition coefficient (Wildman–Crippen LogP) is 15.1. The Balaban J connectivity index is 0.927. The highest BCUT2D eigenvalue weighted by atomic mass is 16.3. The van der Waals surface area contributed by atoms with E-state index in [1.54, 1.807) is 0 Å². The Bertz CT molecular complexity index is 3570.